The topological polar surface area (TPSA) is 32.3 Å². The van der Waals surface area contributed by atoms with Crippen molar-refractivity contribution in [3.05, 3.63) is 47.5 Å². The van der Waals surface area contributed by atoms with Crippen molar-refractivity contribution in [1.29, 1.82) is 0 Å². The normalized spacial score (nSPS) is 10.3. The van der Waals surface area contributed by atoms with Crippen LogP contribution in [-0.4, -0.2) is 25.4 Å². The highest BCUT2D eigenvalue weighted by Gasteiger charge is 2.02. The van der Waals surface area contributed by atoms with Gasteiger partial charge in [0.25, 0.3) is 0 Å². The van der Waals surface area contributed by atoms with Crippen LogP contribution in [0.2, 0.25) is 0 Å². The largest absolute Gasteiger partial charge is 0.355 e. The maximum Gasteiger partial charge on any atom is 0.207 e. The summed E-state index contributed by atoms with van der Waals surface area (Å²) in [6.45, 7) is 1.51. The third-order valence-corrected chi connectivity index (χ3v) is 2.91. The Hall–Kier alpha value is -1.58. The maximum absolute atomic E-state index is 10.4. The molecule has 4 heteroatoms. The van der Waals surface area contributed by atoms with Gasteiger partial charge in [0.15, 0.2) is 0 Å². The molecule has 102 valence electrons. The highest BCUT2D eigenvalue weighted by atomic mass is 35.5. The summed E-state index contributed by atoms with van der Waals surface area (Å²) in [6.07, 6.45) is 0.735. The minimum absolute atomic E-state index is 0. The molecule has 0 aliphatic rings. The Labute approximate surface area is 120 Å². The summed E-state index contributed by atoms with van der Waals surface area (Å²) in [4.78, 5) is 12.5. The number of nitrogens with zero attached hydrogens (tertiary/aromatic N) is 1. The first kappa shape index (κ1) is 15.5. The number of carbonyl (C=O) groups is 1. The van der Waals surface area contributed by atoms with Crippen LogP contribution in [0.5, 0.6) is 0 Å². The number of fused-ring (bicyclic) bond motifs is 1. The van der Waals surface area contributed by atoms with E-state index in [0.717, 1.165) is 18.5 Å². The fraction of sp³-hybridized carbons (Fsp3) is 0.267. The van der Waals surface area contributed by atoms with Crippen LogP contribution >= 0.6 is 12.4 Å². The second-order valence-electron chi connectivity index (χ2n) is 4.71. The molecule has 1 N–H and O–H groups in total. The molecule has 0 unspecified atom stereocenters. The number of rotatable bonds is 5. The van der Waals surface area contributed by atoms with Gasteiger partial charge in [0, 0.05) is 13.1 Å². The molecule has 2 rings (SSSR count). The molecular weight excluding hydrogens is 260 g/mol. The van der Waals surface area contributed by atoms with Gasteiger partial charge >= 0.3 is 0 Å². The standard InChI is InChI=1S/C15H18N2O.ClH/c1-17(2)10-12-6-7-15-13(8-12)4-3-5-14(15)9-16-11-18;/h3-8,11H,9-10H2,1-2H3,(H,16,18);1H. The number of carbonyl (C=O) groups excluding carboxylic acids is 1. The number of amides is 1. The molecule has 1 amide bonds. The van der Waals surface area contributed by atoms with Crippen LogP contribution in [0.1, 0.15) is 11.1 Å². The molecule has 0 aliphatic carbocycles. The van der Waals surface area contributed by atoms with Gasteiger partial charge in [-0.05, 0) is 42.1 Å². The smallest absolute Gasteiger partial charge is 0.207 e. The van der Waals surface area contributed by atoms with E-state index in [0.29, 0.717) is 6.54 Å². The Morgan fingerprint density at radius 1 is 1.21 bits per heavy atom. The summed E-state index contributed by atoms with van der Waals surface area (Å²) >= 11 is 0. The lowest BCUT2D eigenvalue weighted by Crippen LogP contribution is -2.11. The Kier molecular flexibility index (Phi) is 5.80. The molecule has 2 aromatic rings. The van der Waals surface area contributed by atoms with E-state index < -0.39 is 0 Å². The third kappa shape index (κ3) is 3.94. The van der Waals surface area contributed by atoms with Gasteiger partial charge < -0.3 is 10.2 Å². The van der Waals surface area contributed by atoms with Gasteiger partial charge in [-0.3, -0.25) is 4.79 Å². The Morgan fingerprint density at radius 3 is 2.68 bits per heavy atom. The number of hydrogen-bond acceptors (Lipinski definition) is 2. The number of hydrogen-bond donors (Lipinski definition) is 1. The van der Waals surface area contributed by atoms with E-state index in [1.54, 1.807) is 0 Å². The van der Waals surface area contributed by atoms with Crippen LogP contribution in [-0.2, 0) is 17.9 Å². The minimum atomic E-state index is 0. The summed E-state index contributed by atoms with van der Waals surface area (Å²) in [6, 6.07) is 12.7. The van der Waals surface area contributed by atoms with Gasteiger partial charge in [-0.25, -0.2) is 0 Å². The molecule has 0 heterocycles. The first-order valence-corrected chi connectivity index (χ1v) is 6.03. The lowest BCUT2D eigenvalue weighted by molar-refractivity contribution is -0.109. The molecule has 0 spiro atoms. The molecule has 0 fully saturated rings. The average molecular weight is 279 g/mol. The summed E-state index contributed by atoms with van der Waals surface area (Å²) in [5.41, 5.74) is 2.45. The van der Waals surface area contributed by atoms with E-state index in [1.165, 1.54) is 16.3 Å². The summed E-state index contributed by atoms with van der Waals surface area (Å²) in [5, 5.41) is 5.14. The van der Waals surface area contributed by atoms with Gasteiger partial charge in [0.05, 0.1) is 0 Å². The van der Waals surface area contributed by atoms with Gasteiger partial charge in [0.2, 0.25) is 6.41 Å². The second kappa shape index (κ2) is 7.12. The highest BCUT2D eigenvalue weighted by molar-refractivity contribution is 5.86. The molecule has 0 atom stereocenters. The van der Waals surface area contributed by atoms with Crippen LogP contribution in [0, 0.1) is 0 Å². The highest BCUT2D eigenvalue weighted by Crippen LogP contribution is 2.20. The van der Waals surface area contributed by atoms with Gasteiger partial charge in [0.1, 0.15) is 0 Å². The van der Waals surface area contributed by atoms with Crippen LogP contribution < -0.4 is 5.32 Å². The van der Waals surface area contributed by atoms with Crippen LogP contribution in [0.4, 0.5) is 0 Å². The first-order chi connectivity index (χ1) is 8.70. The molecule has 3 nitrogen and oxygen atoms in total. The zero-order valence-corrected chi connectivity index (χ0v) is 12.0. The fourth-order valence-electron chi connectivity index (χ4n) is 2.17. The molecule has 0 bridgehead atoms. The lowest BCUT2D eigenvalue weighted by atomic mass is 10.0. The van der Waals surface area contributed by atoms with Gasteiger partial charge in [-0.2, -0.15) is 0 Å². The van der Waals surface area contributed by atoms with E-state index in [9.17, 15) is 4.79 Å². The van der Waals surface area contributed by atoms with Crippen molar-refractivity contribution in [3.8, 4) is 0 Å². The number of benzene rings is 2. The van der Waals surface area contributed by atoms with Crippen molar-refractivity contribution in [2.75, 3.05) is 14.1 Å². The van der Waals surface area contributed by atoms with E-state index >= 15 is 0 Å². The van der Waals surface area contributed by atoms with Crippen LogP contribution in [0.15, 0.2) is 36.4 Å². The Bertz CT molecular complexity index is 555. The summed E-state index contributed by atoms with van der Waals surface area (Å²) in [7, 11) is 4.13. The predicted molar refractivity (Wildman–Crippen MR) is 81.5 cm³/mol. The Balaban J connectivity index is 0.00000180. The van der Waals surface area contributed by atoms with E-state index in [-0.39, 0.29) is 12.4 Å². The summed E-state index contributed by atoms with van der Waals surface area (Å²) in [5.74, 6) is 0. The molecule has 19 heavy (non-hydrogen) atoms. The van der Waals surface area contributed by atoms with Gasteiger partial charge in [-0.1, -0.05) is 30.3 Å². The van der Waals surface area contributed by atoms with E-state index in [1.807, 2.05) is 12.1 Å². The summed E-state index contributed by atoms with van der Waals surface area (Å²) < 4.78 is 0. The van der Waals surface area contributed by atoms with Crippen molar-refractivity contribution in [2.45, 2.75) is 13.1 Å². The van der Waals surface area contributed by atoms with Crippen LogP contribution in [0.3, 0.4) is 0 Å². The lowest BCUT2D eigenvalue weighted by Gasteiger charge is -2.11. The molecule has 0 saturated carbocycles. The van der Waals surface area contributed by atoms with Crippen molar-refractivity contribution < 1.29 is 4.79 Å². The predicted octanol–water partition coefficient (Wildman–Crippen LogP) is 2.57. The number of halogens is 1. The SMILES string of the molecule is CN(C)Cc1ccc2c(CNC=O)cccc2c1.Cl. The van der Waals surface area contributed by atoms with Crippen LogP contribution in [0.25, 0.3) is 10.8 Å². The zero-order valence-electron chi connectivity index (χ0n) is 11.2. The molecule has 0 aliphatic heterocycles. The minimum Gasteiger partial charge on any atom is -0.355 e. The Morgan fingerprint density at radius 2 is 2.00 bits per heavy atom. The molecular formula is C15H19ClN2O. The average Bonchev–Trinajstić information content (AvgIpc) is 2.35. The maximum atomic E-state index is 10.4. The van der Waals surface area contributed by atoms with Crippen molar-refractivity contribution in [1.82, 2.24) is 10.2 Å². The monoisotopic (exact) mass is 278 g/mol. The van der Waals surface area contributed by atoms with Crippen molar-refractivity contribution >= 4 is 29.6 Å². The van der Waals surface area contributed by atoms with E-state index in [4.69, 9.17) is 0 Å². The molecule has 0 aromatic heterocycles. The van der Waals surface area contributed by atoms with Crippen molar-refractivity contribution in [2.24, 2.45) is 0 Å². The number of nitrogens with one attached hydrogen (secondary N) is 1. The quantitative estimate of drug-likeness (QED) is 0.853. The molecule has 0 radical (unpaired) electrons. The molecule has 2 aromatic carbocycles. The fourth-order valence-corrected chi connectivity index (χ4v) is 2.17. The van der Waals surface area contributed by atoms with E-state index in [2.05, 4.69) is 48.6 Å². The van der Waals surface area contributed by atoms with Crippen molar-refractivity contribution in [3.63, 3.8) is 0 Å². The molecule has 0 saturated heterocycles. The van der Waals surface area contributed by atoms with Gasteiger partial charge in [-0.15, -0.1) is 12.4 Å². The second-order valence-corrected chi connectivity index (χ2v) is 4.71. The zero-order chi connectivity index (χ0) is 13.0. The first-order valence-electron chi connectivity index (χ1n) is 6.03. The third-order valence-electron chi connectivity index (χ3n) is 2.91.